The van der Waals surface area contributed by atoms with Crippen LogP contribution in [0.4, 0.5) is 5.69 Å². The molecular weight excluding hydrogens is 288 g/mol. The van der Waals surface area contributed by atoms with Crippen molar-refractivity contribution in [2.45, 2.75) is 44.6 Å². The van der Waals surface area contributed by atoms with Crippen LogP contribution in [0.1, 0.15) is 33.6 Å². The van der Waals surface area contributed by atoms with E-state index >= 15 is 0 Å². The fourth-order valence-electron chi connectivity index (χ4n) is 1.88. The van der Waals surface area contributed by atoms with Crippen LogP contribution in [0.25, 0.3) is 0 Å². The molecular formula is C15H26N2O3S. The molecule has 0 aliphatic heterocycles. The largest absolute Gasteiger partial charge is 0.384 e. The summed E-state index contributed by atoms with van der Waals surface area (Å²) in [5.41, 5.74) is 0.642. The zero-order chi connectivity index (χ0) is 15.7. The van der Waals surface area contributed by atoms with Gasteiger partial charge in [-0.05, 0) is 38.8 Å². The van der Waals surface area contributed by atoms with Gasteiger partial charge in [0, 0.05) is 19.7 Å². The molecule has 0 heterocycles. The second-order valence-corrected chi connectivity index (χ2v) is 6.79. The Kier molecular flexibility index (Phi) is 7.71. The summed E-state index contributed by atoms with van der Waals surface area (Å²) in [6.07, 6.45) is 2.14. The van der Waals surface area contributed by atoms with Gasteiger partial charge in [-0.15, -0.1) is 0 Å². The molecule has 0 spiro atoms. The molecule has 0 saturated carbocycles. The number of hydrogen-bond acceptors (Lipinski definition) is 4. The molecule has 0 unspecified atom stereocenters. The highest BCUT2D eigenvalue weighted by Crippen LogP contribution is 2.20. The van der Waals surface area contributed by atoms with Gasteiger partial charge in [0.25, 0.3) is 0 Å². The maximum atomic E-state index is 12.1. The van der Waals surface area contributed by atoms with Crippen LogP contribution >= 0.6 is 0 Å². The highest BCUT2D eigenvalue weighted by molar-refractivity contribution is 7.89. The first-order valence-corrected chi connectivity index (χ1v) is 8.90. The third-order valence-corrected chi connectivity index (χ3v) is 4.45. The summed E-state index contributed by atoms with van der Waals surface area (Å²) in [6, 6.07) is 6.96. The van der Waals surface area contributed by atoms with E-state index in [2.05, 4.69) is 10.0 Å². The highest BCUT2D eigenvalue weighted by atomic mass is 32.2. The van der Waals surface area contributed by atoms with Crippen LogP contribution in [-0.2, 0) is 14.8 Å². The lowest BCUT2D eigenvalue weighted by Crippen LogP contribution is -2.24. The summed E-state index contributed by atoms with van der Waals surface area (Å²) in [6.45, 7) is 7.63. The van der Waals surface area contributed by atoms with E-state index in [1.807, 2.05) is 19.9 Å². The first kappa shape index (κ1) is 17.9. The summed E-state index contributed by atoms with van der Waals surface area (Å²) >= 11 is 0. The number of benzene rings is 1. The van der Waals surface area contributed by atoms with Gasteiger partial charge in [-0.25, -0.2) is 13.1 Å². The molecule has 0 atom stereocenters. The molecule has 1 aromatic carbocycles. The van der Waals surface area contributed by atoms with Crippen molar-refractivity contribution >= 4 is 15.7 Å². The molecule has 2 N–H and O–H groups in total. The molecule has 0 aliphatic carbocycles. The van der Waals surface area contributed by atoms with Gasteiger partial charge in [0.1, 0.15) is 4.90 Å². The van der Waals surface area contributed by atoms with Crippen molar-refractivity contribution in [1.82, 2.24) is 4.72 Å². The van der Waals surface area contributed by atoms with Crippen LogP contribution in [0.2, 0.25) is 0 Å². The topological polar surface area (TPSA) is 67.4 Å². The first-order valence-electron chi connectivity index (χ1n) is 7.41. The number of rotatable bonds is 10. The number of hydrogen-bond donors (Lipinski definition) is 2. The van der Waals surface area contributed by atoms with Crippen LogP contribution in [-0.4, -0.2) is 34.2 Å². The summed E-state index contributed by atoms with van der Waals surface area (Å²) in [5.74, 6) is 0. The maximum absolute atomic E-state index is 12.1. The molecule has 0 fully saturated rings. The maximum Gasteiger partial charge on any atom is 0.242 e. The fraction of sp³-hybridized carbons (Fsp3) is 0.600. The predicted molar refractivity (Wildman–Crippen MR) is 86.1 cm³/mol. The normalized spacial score (nSPS) is 11.8. The quantitative estimate of drug-likeness (QED) is 0.651. The summed E-state index contributed by atoms with van der Waals surface area (Å²) in [4.78, 5) is 0.297. The van der Waals surface area contributed by atoms with Crippen molar-refractivity contribution in [1.29, 1.82) is 0 Å². The molecule has 0 bridgehead atoms. The third-order valence-electron chi connectivity index (χ3n) is 2.85. The standard InChI is InChI=1S/C15H26N2O3S/c1-4-17-21(18,19)15-10-6-5-9-14(15)16-11-7-8-12-20-13(2)3/h5-6,9-10,13,16-17H,4,7-8,11-12H2,1-3H3. The molecule has 1 aromatic rings. The monoisotopic (exact) mass is 314 g/mol. The van der Waals surface area contributed by atoms with Crippen molar-refractivity contribution in [2.24, 2.45) is 0 Å². The van der Waals surface area contributed by atoms with Gasteiger partial charge in [0.15, 0.2) is 0 Å². The molecule has 120 valence electrons. The highest BCUT2D eigenvalue weighted by Gasteiger charge is 2.16. The number of para-hydroxylation sites is 1. The number of unbranched alkanes of at least 4 members (excludes halogenated alkanes) is 1. The number of ether oxygens (including phenoxy) is 1. The number of anilines is 1. The van der Waals surface area contributed by atoms with Crippen LogP contribution in [0, 0.1) is 0 Å². The van der Waals surface area contributed by atoms with E-state index in [0.717, 1.165) is 26.0 Å². The van der Waals surface area contributed by atoms with E-state index in [9.17, 15) is 8.42 Å². The van der Waals surface area contributed by atoms with Crippen LogP contribution in [0.5, 0.6) is 0 Å². The van der Waals surface area contributed by atoms with Gasteiger partial charge >= 0.3 is 0 Å². The van der Waals surface area contributed by atoms with Crippen molar-refractivity contribution < 1.29 is 13.2 Å². The molecule has 0 radical (unpaired) electrons. The van der Waals surface area contributed by atoms with Crippen LogP contribution < -0.4 is 10.0 Å². The fourth-order valence-corrected chi connectivity index (χ4v) is 3.11. The average Bonchev–Trinajstić information content (AvgIpc) is 2.42. The second kappa shape index (κ2) is 9.02. The van der Waals surface area contributed by atoms with E-state index in [1.165, 1.54) is 0 Å². The summed E-state index contributed by atoms with van der Waals surface area (Å²) in [5, 5.41) is 3.19. The van der Waals surface area contributed by atoms with Gasteiger partial charge in [-0.1, -0.05) is 19.1 Å². The van der Waals surface area contributed by atoms with Crippen LogP contribution in [0.3, 0.4) is 0 Å². The molecule has 0 aromatic heterocycles. The molecule has 6 heteroatoms. The van der Waals surface area contributed by atoms with E-state index in [0.29, 0.717) is 17.1 Å². The lowest BCUT2D eigenvalue weighted by molar-refractivity contribution is 0.0765. The third kappa shape index (κ3) is 6.46. The first-order chi connectivity index (χ1) is 9.97. The van der Waals surface area contributed by atoms with Gasteiger partial charge in [0.05, 0.1) is 11.8 Å². The van der Waals surface area contributed by atoms with Gasteiger partial charge in [-0.3, -0.25) is 0 Å². The van der Waals surface area contributed by atoms with Crippen molar-refractivity contribution in [3.05, 3.63) is 24.3 Å². The molecule has 0 amide bonds. The minimum atomic E-state index is -3.44. The van der Waals surface area contributed by atoms with E-state index in [-0.39, 0.29) is 6.10 Å². The van der Waals surface area contributed by atoms with Crippen molar-refractivity contribution in [2.75, 3.05) is 25.0 Å². The second-order valence-electron chi connectivity index (χ2n) is 5.05. The van der Waals surface area contributed by atoms with E-state index < -0.39 is 10.0 Å². The minimum absolute atomic E-state index is 0.254. The Morgan fingerprint density at radius 3 is 2.57 bits per heavy atom. The molecule has 0 aliphatic rings. The predicted octanol–water partition coefficient (Wildman–Crippen LogP) is 2.60. The molecule has 0 saturated heterocycles. The van der Waals surface area contributed by atoms with Gasteiger partial charge in [0.2, 0.25) is 10.0 Å². The number of nitrogens with one attached hydrogen (secondary N) is 2. The zero-order valence-electron chi connectivity index (χ0n) is 13.1. The van der Waals surface area contributed by atoms with E-state index in [1.54, 1.807) is 25.1 Å². The van der Waals surface area contributed by atoms with Crippen molar-refractivity contribution in [3.63, 3.8) is 0 Å². The average molecular weight is 314 g/mol. The Bertz CT molecular complexity index is 515. The smallest absolute Gasteiger partial charge is 0.242 e. The minimum Gasteiger partial charge on any atom is -0.384 e. The summed E-state index contributed by atoms with van der Waals surface area (Å²) < 4.78 is 32.2. The number of sulfonamides is 1. The zero-order valence-corrected chi connectivity index (χ0v) is 13.9. The lowest BCUT2D eigenvalue weighted by Gasteiger charge is -2.13. The van der Waals surface area contributed by atoms with Gasteiger partial charge in [-0.2, -0.15) is 0 Å². The lowest BCUT2D eigenvalue weighted by atomic mass is 10.3. The Morgan fingerprint density at radius 2 is 1.90 bits per heavy atom. The molecule has 1 rings (SSSR count). The molecule has 5 nitrogen and oxygen atoms in total. The SMILES string of the molecule is CCNS(=O)(=O)c1ccccc1NCCCCOC(C)C. The Morgan fingerprint density at radius 1 is 1.19 bits per heavy atom. The van der Waals surface area contributed by atoms with Crippen LogP contribution in [0.15, 0.2) is 29.2 Å². The van der Waals surface area contributed by atoms with Crippen molar-refractivity contribution in [3.8, 4) is 0 Å². The van der Waals surface area contributed by atoms with Gasteiger partial charge < -0.3 is 10.1 Å². The Balaban J connectivity index is 2.52. The molecule has 21 heavy (non-hydrogen) atoms. The van der Waals surface area contributed by atoms with E-state index in [4.69, 9.17) is 4.74 Å². The summed E-state index contributed by atoms with van der Waals surface area (Å²) in [7, 11) is -3.44. The Hall–Kier alpha value is -1.11. The Labute approximate surface area is 128 Å².